The van der Waals surface area contributed by atoms with Gasteiger partial charge in [-0.15, -0.1) is 0 Å². The fourth-order valence-corrected chi connectivity index (χ4v) is 1.37. The van der Waals surface area contributed by atoms with Crippen molar-refractivity contribution in [3.8, 4) is 0 Å². The number of aliphatic hydroxyl groups excluding tert-OH is 4. The Bertz CT molecular complexity index is 346. The number of carbonyl (C=O) groups is 3. The largest absolute Gasteiger partial charge is 0.481 e. The molecule has 0 aliphatic carbocycles. The summed E-state index contributed by atoms with van der Waals surface area (Å²) < 4.78 is 0. The second-order valence-corrected chi connectivity index (χ2v) is 4.75. The lowest BCUT2D eigenvalue weighted by Crippen LogP contribution is -2.49. The van der Waals surface area contributed by atoms with Crippen molar-refractivity contribution < 1.29 is 50.1 Å². The average Bonchev–Trinajstić information content (AvgIpc) is 2.48. The minimum absolute atomic E-state index is 0.333. The zero-order chi connectivity index (χ0) is 18.6. The molecule has 0 aromatic carbocycles. The molecule has 0 aliphatic heterocycles. The van der Waals surface area contributed by atoms with Crippen molar-refractivity contribution in [3.05, 3.63) is 0 Å². The van der Waals surface area contributed by atoms with E-state index < -0.39 is 42.3 Å². The second kappa shape index (κ2) is 12.8. The fraction of sp³-hybridized carbons (Fsp3) is 0.769. The van der Waals surface area contributed by atoms with Crippen molar-refractivity contribution in [1.82, 2.24) is 0 Å². The van der Waals surface area contributed by atoms with E-state index in [-0.39, 0.29) is 0 Å². The minimum Gasteiger partial charge on any atom is -0.481 e. The van der Waals surface area contributed by atoms with Crippen molar-refractivity contribution in [2.75, 3.05) is 0 Å². The van der Waals surface area contributed by atoms with E-state index in [0.717, 1.165) is 19.3 Å². The van der Waals surface area contributed by atoms with Gasteiger partial charge in [0.15, 0.2) is 12.2 Å². The van der Waals surface area contributed by atoms with E-state index in [0.29, 0.717) is 6.42 Å². The molecule has 0 amide bonds. The maximum absolute atomic E-state index is 10.1. The monoisotopic (exact) mass is 340 g/mol. The Balaban J connectivity index is 0. The third kappa shape index (κ3) is 11.5. The summed E-state index contributed by atoms with van der Waals surface area (Å²) >= 11 is 0. The van der Waals surface area contributed by atoms with E-state index in [9.17, 15) is 14.4 Å². The maximum Gasteiger partial charge on any atom is 0.335 e. The van der Waals surface area contributed by atoms with Gasteiger partial charge in [-0.2, -0.15) is 0 Å². The van der Waals surface area contributed by atoms with Gasteiger partial charge in [-0.05, 0) is 6.42 Å². The Kier molecular flexibility index (Phi) is 13.0. The van der Waals surface area contributed by atoms with Gasteiger partial charge in [0.05, 0.1) is 0 Å². The van der Waals surface area contributed by atoms with Crippen molar-refractivity contribution >= 4 is 17.9 Å². The van der Waals surface area contributed by atoms with E-state index in [4.69, 9.17) is 35.7 Å². The van der Waals surface area contributed by atoms with E-state index >= 15 is 0 Å². The number of carboxylic acids is 3. The smallest absolute Gasteiger partial charge is 0.335 e. The number of aliphatic carboxylic acids is 3. The van der Waals surface area contributed by atoms with Crippen LogP contribution in [0.2, 0.25) is 0 Å². The number of hydrogen-bond donors (Lipinski definition) is 7. The van der Waals surface area contributed by atoms with Crippen LogP contribution in [0.4, 0.5) is 0 Å². The molecule has 0 aromatic heterocycles. The van der Waals surface area contributed by atoms with Crippen molar-refractivity contribution in [2.45, 2.75) is 63.4 Å². The quantitative estimate of drug-likeness (QED) is 0.233. The molecule has 4 unspecified atom stereocenters. The molecule has 0 aliphatic rings. The summed E-state index contributed by atoms with van der Waals surface area (Å²) in [6, 6.07) is 0. The lowest BCUT2D eigenvalue weighted by molar-refractivity contribution is -0.172. The molecule has 0 bridgehead atoms. The molecule has 7 N–H and O–H groups in total. The van der Waals surface area contributed by atoms with Gasteiger partial charge in [0.1, 0.15) is 12.2 Å². The first kappa shape index (κ1) is 23.5. The molecular weight excluding hydrogens is 316 g/mol. The Labute approximate surface area is 132 Å². The highest BCUT2D eigenvalue weighted by Gasteiger charge is 2.37. The maximum atomic E-state index is 10.1. The van der Waals surface area contributed by atoms with Crippen LogP contribution in [0, 0.1) is 0 Å². The van der Waals surface area contributed by atoms with Crippen molar-refractivity contribution in [2.24, 2.45) is 0 Å². The van der Waals surface area contributed by atoms with Crippen molar-refractivity contribution in [1.29, 1.82) is 0 Å². The van der Waals surface area contributed by atoms with Gasteiger partial charge < -0.3 is 35.7 Å². The molecule has 10 heteroatoms. The highest BCUT2D eigenvalue weighted by molar-refractivity contribution is 5.75. The Morgan fingerprint density at radius 1 is 0.739 bits per heavy atom. The molecule has 0 saturated heterocycles. The van der Waals surface area contributed by atoms with Gasteiger partial charge in [0.2, 0.25) is 0 Å². The van der Waals surface area contributed by atoms with Crippen LogP contribution in [-0.4, -0.2) is 78.1 Å². The van der Waals surface area contributed by atoms with Crippen LogP contribution < -0.4 is 0 Å². The standard InChI is InChI=1S/C7H14O2.C6H10O8/c1-2-3-4-5-6-7(8)9;7-1(3(9)5(11)12)2(8)4(10)6(13)14/h2-6H2,1H3,(H,8,9);1-4,7-10H,(H,11,12)(H,13,14). The van der Waals surface area contributed by atoms with Gasteiger partial charge in [-0.1, -0.05) is 26.2 Å². The third-order valence-corrected chi connectivity index (χ3v) is 2.75. The second-order valence-electron chi connectivity index (χ2n) is 4.75. The summed E-state index contributed by atoms with van der Waals surface area (Å²) in [5.74, 6) is -4.35. The molecule has 23 heavy (non-hydrogen) atoms. The lowest BCUT2D eigenvalue weighted by Gasteiger charge is -2.21. The molecule has 0 saturated carbocycles. The summed E-state index contributed by atoms with van der Waals surface area (Å²) in [6.07, 6.45) is -4.73. The molecule has 0 aromatic rings. The molecule has 4 atom stereocenters. The van der Waals surface area contributed by atoms with E-state index in [1.54, 1.807) is 0 Å². The molecule has 0 spiro atoms. The zero-order valence-electron chi connectivity index (χ0n) is 12.7. The van der Waals surface area contributed by atoms with Crippen LogP contribution in [0.5, 0.6) is 0 Å². The molecule has 0 radical (unpaired) electrons. The Morgan fingerprint density at radius 3 is 1.39 bits per heavy atom. The lowest BCUT2D eigenvalue weighted by atomic mass is 10.0. The summed E-state index contributed by atoms with van der Waals surface area (Å²) in [6.45, 7) is 2.11. The summed E-state index contributed by atoms with van der Waals surface area (Å²) in [5, 5.41) is 59.7. The Hall–Kier alpha value is -1.75. The Morgan fingerprint density at radius 2 is 1.13 bits per heavy atom. The van der Waals surface area contributed by atoms with Gasteiger partial charge in [0.25, 0.3) is 0 Å². The number of unbranched alkanes of at least 4 members (excludes halogenated alkanes) is 3. The number of aliphatic hydroxyl groups is 4. The van der Waals surface area contributed by atoms with Gasteiger partial charge in [0, 0.05) is 6.42 Å². The summed E-state index contributed by atoms with van der Waals surface area (Å²) in [4.78, 5) is 30.1. The highest BCUT2D eigenvalue weighted by Crippen LogP contribution is 2.05. The van der Waals surface area contributed by atoms with Crippen LogP contribution in [0.1, 0.15) is 39.0 Å². The minimum atomic E-state index is -2.36. The van der Waals surface area contributed by atoms with Crippen LogP contribution in [0.25, 0.3) is 0 Å². The predicted molar refractivity (Wildman–Crippen MR) is 75.7 cm³/mol. The van der Waals surface area contributed by atoms with E-state index in [1.807, 2.05) is 0 Å². The van der Waals surface area contributed by atoms with Crippen LogP contribution in [0.3, 0.4) is 0 Å². The number of rotatable bonds is 10. The molecule has 0 heterocycles. The SMILES string of the molecule is CCCCCCC(=O)O.O=C(O)C(O)C(O)C(O)C(O)C(=O)O. The number of carboxylic acid groups (broad SMARTS) is 3. The van der Waals surface area contributed by atoms with Crippen LogP contribution in [0.15, 0.2) is 0 Å². The first-order chi connectivity index (χ1) is 10.6. The van der Waals surface area contributed by atoms with E-state index in [1.165, 1.54) is 6.42 Å². The first-order valence-electron chi connectivity index (χ1n) is 6.95. The average molecular weight is 340 g/mol. The molecule has 0 fully saturated rings. The molecule has 10 nitrogen and oxygen atoms in total. The topological polar surface area (TPSA) is 193 Å². The van der Waals surface area contributed by atoms with Crippen LogP contribution >= 0.6 is 0 Å². The van der Waals surface area contributed by atoms with Gasteiger partial charge in [-0.25, -0.2) is 9.59 Å². The summed E-state index contributed by atoms with van der Waals surface area (Å²) in [7, 11) is 0. The highest BCUT2D eigenvalue weighted by atomic mass is 16.4. The number of hydrogen-bond acceptors (Lipinski definition) is 7. The van der Waals surface area contributed by atoms with Crippen LogP contribution in [-0.2, 0) is 14.4 Å². The van der Waals surface area contributed by atoms with Gasteiger partial charge >= 0.3 is 17.9 Å². The predicted octanol–water partition coefficient (Wildman–Crippen LogP) is -1.36. The van der Waals surface area contributed by atoms with E-state index in [2.05, 4.69) is 6.92 Å². The van der Waals surface area contributed by atoms with Gasteiger partial charge in [-0.3, -0.25) is 4.79 Å². The fourth-order valence-electron chi connectivity index (χ4n) is 1.37. The molecular formula is C13H24O10. The molecule has 136 valence electrons. The van der Waals surface area contributed by atoms with Crippen molar-refractivity contribution in [3.63, 3.8) is 0 Å². The summed E-state index contributed by atoms with van der Waals surface area (Å²) in [5.41, 5.74) is 0. The normalized spacial score (nSPS) is 15.5. The first-order valence-corrected chi connectivity index (χ1v) is 6.95. The zero-order valence-corrected chi connectivity index (χ0v) is 12.7. The third-order valence-electron chi connectivity index (χ3n) is 2.75. The molecule has 0 rings (SSSR count).